The summed E-state index contributed by atoms with van der Waals surface area (Å²) in [5.74, 6) is 0.189. The number of carbonyl (C=O) groups excluding carboxylic acids is 1. The second-order valence-electron chi connectivity index (χ2n) is 7.23. The summed E-state index contributed by atoms with van der Waals surface area (Å²) in [6.45, 7) is 4.70. The fourth-order valence-electron chi connectivity index (χ4n) is 3.42. The van der Waals surface area contributed by atoms with Crippen molar-refractivity contribution in [2.75, 3.05) is 13.7 Å². The minimum Gasteiger partial charge on any atom is -0.493 e. The number of amides is 1. The van der Waals surface area contributed by atoms with Crippen LogP contribution in [0, 0.1) is 11.8 Å². The van der Waals surface area contributed by atoms with Gasteiger partial charge in [-0.25, -0.2) is 0 Å². The SMILES string of the molecule is CCCCOc1ccc(C(C)NC(=O)C2CCC(C(=O)O)CC2)cc1OC. The summed E-state index contributed by atoms with van der Waals surface area (Å²) in [5.41, 5.74) is 0.947. The summed E-state index contributed by atoms with van der Waals surface area (Å²) in [5, 5.41) is 12.1. The van der Waals surface area contributed by atoms with E-state index in [9.17, 15) is 9.59 Å². The molecular weight excluding hydrogens is 346 g/mol. The van der Waals surface area contributed by atoms with Crippen LogP contribution >= 0.6 is 0 Å². The number of rotatable bonds is 9. The average molecular weight is 377 g/mol. The Morgan fingerprint density at radius 2 is 1.85 bits per heavy atom. The Balaban J connectivity index is 1.93. The van der Waals surface area contributed by atoms with Crippen molar-refractivity contribution in [1.29, 1.82) is 0 Å². The second kappa shape index (κ2) is 10.2. The Hall–Kier alpha value is -2.24. The van der Waals surface area contributed by atoms with Crippen molar-refractivity contribution in [2.24, 2.45) is 11.8 Å². The van der Waals surface area contributed by atoms with Gasteiger partial charge in [-0.2, -0.15) is 0 Å². The maximum atomic E-state index is 12.5. The van der Waals surface area contributed by atoms with Gasteiger partial charge in [-0.3, -0.25) is 9.59 Å². The number of methoxy groups -OCH3 is 1. The third-order valence-corrected chi connectivity index (χ3v) is 5.25. The molecule has 6 heteroatoms. The Kier molecular flexibility index (Phi) is 7.95. The van der Waals surface area contributed by atoms with Gasteiger partial charge in [0.1, 0.15) is 0 Å². The van der Waals surface area contributed by atoms with E-state index in [1.165, 1.54) is 0 Å². The van der Waals surface area contributed by atoms with Crippen molar-refractivity contribution in [1.82, 2.24) is 5.32 Å². The minimum atomic E-state index is -0.754. The van der Waals surface area contributed by atoms with Gasteiger partial charge in [0.2, 0.25) is 5.91 Å². The molecule has 2 rings (SSSR count). The van der Waals surface area contributed by atoms with Crippen molar-refractivity contribution in [3.8, 4) is 11.5 Å². The quantitative estimate of drug-likeness (QED) is 0.637. The van der Waals surface area contributed by atoms with E-state index in [4.69, 9.17) is 14.6 Å². The highest BCUT2D eigenvalue weighted by molar-refractivity contribution is 5.79. The highest BCUT2D eigenvalue weighted by atomic mass is 16.5. The maximum absolute atomic E-state index is 12.5. The maximum Gasteiger partial charge on any atom is 0.306 e. The van der Waals surface area contributed by atoms with E-state index >= 15 is 0 Å². The summed E-state index contributed by atoms with van der Waals surface area (Å²) >= 11 is 0. The predicted octanol–water partition coefficient (Wildman–Crippen LogP) is 3.94. The van der Waals surface area contributed by atoms with Gasteiger partial charge >= 0.3 is 5.97 Å². The number of benzene rings is 1. The van der Waals surface area contributed by atoms with Gasteiger partial charge < -0.3 is 19.9 Å². The summed E-state index contributed by atoms with van der Waals surface area (Å²) in [4.78, 5) is 23.6. The fraction of sp³-hybridized carbons (Fsp3) is 0.619. The van der Waals surface area contributed by atoms with E-state index in [0.717, 1.165) is 18.4 Å². The van der Waals surface area contributed by atoms with Crippen LogP contribution in [-0.4, -0.2) is 30.7 Å². The summed E-state index contributed by atoms with van der Waals surface area (Å²) in [7, 11) is 1.61. The molecule has 0 radical (unpaired) electrons. The van der Waals surface area contributed by atoms with Crippen molar-refractivity contribution in [3.05, 3.63) is 23.8 Å². The minimum absolute atomic E-state index is 0.00595. The summed E-state index contributed by atoms with van der Waals surface area (Å²) < 4.78 is 11.2. The molecule has 0 spiro atoms. The van der Waals surface area contributed by atoms with E-state index in [1.807, 2.05) is 25.1 Å². The monoisotopic (exact) mass is 377 g/mol. The number of ether oxygens (including phenoxy) is 2. The first kappa shape index (κ1) is 21.1. The highest BCUT2D eigenvalue weighted by Gasteiger charge is 2.30. The molecule has 0 saturated heterocycles. The van der Waals surface area contributed by atoms with Crippen molar-refractivity contribution in [3.63, 3.8) is 0 Å². The molecule has 1 aromatic carbocycles. The zero-order valence-electron chi connectivity index (χ0n) is 16.5. The zero-order valence-corrected chi connectivity index (χ0v) is 16.5. The molecule has 1 fully saturated rings. The lowest BCUT2D eigenvalue weighted by atomic mass is 9.81. The zero-order chi connectivity index (χ0) is 19.8. The van der Waals surface area contributed by atoms with E-state index in [2.05, 4.69) is 12.2 Å². The number of carboxylic acid groups (broad SMARTS) is 1. The van der Waals surface area contributed by atoms with Crippen LogP contribution in [0.5, 0.6) is 11.5 Å². The third-order valence-electron chi connectivity index (χ3n) is 5.25. The first-order valence-corrected chi connectivity index (χ1v) is 9.80. The third kappa shape index (κ3) is 5.88. The molecule has 0 aromatic heterocycles. The van der Waals surface area contributed by atoms with Gasteiger partial charge in [-0.05, 0) is 56.7 Å². The van der Waals surface area contributed by atoms with Crippen molar-refractivity contribution >= 4 is 11.9 Å². The second-order valence-corrected chi connectivity index (χ2v) is 7.23. The van der Waals surface area contributed by atoms with Crippen molar-refractivity contribution < 1.29 is 24.2 Å². The highest BCUT2D eigenvalue weighted by Crippen LogP contribution is 2.32. The summed E-state index contributed by atoms with van der Waals surface area (Å²) in [6.07, 6.45) is 4.45. The van der Waals surface area contributed by atoms with E-state index in [-0.39, 0.29) is 23.8 Å². The molecule has 27 heavy (non-hydrogen) atoms. The lowest BCUT2D eigenvalue weighted by molar-refractivity contribution is -0.144. The smallest absolute Gasteiger partial charge is 0.306 e. The summed E-state index contributed by atoms with van der Waals surface area (Å²) in [6, 6.07) is 5.56. The molecule has 1 saturated carbocycles. The fourth-order valence-corrected chi connectivity index (χ4v) is 3.42. The van der Waals surface area contributed by atoms with Crippen molar-refractivity contribution in [2.45, 2.75) is 58.4 Å². The standard InChI is InChI=1S/C21H31NO5/c1-4-5-12-27-18-11-10-17(13-19(18)26-3)14(2)22-20(23)15-6-8-16(9-7-15)21(24)25/h10-11,13-16H,4-9,12H2,1-3H3,(H,22,23)(H,24,25). The number of carboxylic acids is 1. The molecule has 2 N–H and O–H groups in total. The van der Waals surface area contributed by atoms with Gasteiger partial charge in [0.05, 0.1) is 25.7 Å². The molecule has 1 unspecified atom stereocenters. The molecule has 1 aliphatic rings. The Morgan fingerprint density at radius 1 is 1.19 bits per heavy atom. The predicted molar refractivity (Wildman–Crippen MR) is 103 cm³/mol. The van der Waals surface area contributed by atoms with Crippen LogP contribution in [0.1, 0.15) is 64.0 Å². The van der Waals surface area contributed by atoms with Crippen LogP contribution in [-0.2, 0) is 9.59 Å². The molecule has 1 aromatic rings. The molecule has 0 heterocycles. The molecule has 150 valence electrons. The Bertz CT molecular complexity index is 637. The molecule has 1 aliphatic carbocycles. The van der Waals surface area contributed by atoms with Crippen LogP contribution in [0.2, 0.25) is 0 Å². The Labute approximate surface area is 161 Å². The molecule has 1 amide bonds. The molecule has 0 aliphatic heterocycles. The first-order chi connectivity index (χ1) is 13.0. The van der Waals surface area contributed by atoms with Crippen LogP contribution in [0.25, 0.3) is 0 Å². The molecule has 6 nitrogen and oxygen atoms in total. The van der Waals surface area contributed by atoms with Gasteiger partial charge in [-0.1, -0.05) is 19.4 Å². The lowest BCUT2D eigenvalue weighted by Crippen LogP contribution is -2.35. The van der Waals surface area contributed by atoms with E-state index in [0.29, 0.717) is 43.8 Å². The average Bonchev–Trinajstić information content (AvgIpc) is 2.68. The Morgan fingerprint density at radius 3 is 2.44 bits per heavy atom. The molecule has 1 atom stereocenters. The lowest BCUT2D eigenvalue weighted by Gasteiger charge is -2.26. The topological polar surface area (TPSA) is 84.9 Å². The van der Waals surface area contributed by atoms with Gasteiger partial charge in [0.25, 0.3) is 0 Å². The van der Waals surface area contributed by atoms with Gasteiger partial charge in [0, 0.05) is 5.92 Å². The number of unbranched alkanes of at least 4 members (excludes halogenated alkanes) is 1. The number of nitrogens with one attached hydrogen (secondary N) is 1. The molecular formula is C21H31NO5. The first-order valence-electron chi connectivity index (χ1n) is 9.80. The van der Waals surface area contributed by atoms with Crippen LogP contribution in [0.4, 0.5) is 0 Å². The number of hydrogen-bond acceptors (Lipinski definition) is 4. The van der Waals surface area contributed by atoms with Gasteiger partial charge in [0.15, 0.2) is 11.5 Å². The molecule has 0 bridgehead atoms. The van der Waals surface area contributed by atoms with Gasteiger partial charge in [-0.15, -0.1) is 0 Å². The largest absolute Gasteiger partial charge is 0.493 e. The van der Waals surface area contributed by atoms with Crippen LogP contribution in [0.3, 0.4) is 0 Å². The number of aliphatic carboxylic acids is 1. The normalized spacial score (nSPS) is 20.6. The number of hydrogen-bond donors (Lipinski definition) is 2. The van der Waals surface area contributed by atoms with E-state index in [1.54, 1.807) is 7.11 Å². The van der Waals surface area contributed by atoms with Crippen LogP contribution < -0.4 is 14.8 Å². The van der Waals surface area contributed by atoms with Crippen LogP contribution in [0.15, 0.2) is 18.2 Å². The number of carbonyl (C=O) groups is 2. The van der Waals surface area contributed by atoms with E-state index < -0.39 is 5.97 Å².